The average molecular weight is 385 g/mol. The van der Waals surface area contributed by atoms with Crippen molar-refractivity contribution in [3.05, 3.63) is 39.3 Å². The van der Waals surface area contributed by atoms with Gasteiger partial charge < -0.3 is 10.1 Å². The van der Waals surface area contributed by atoms with Crippen LogP contribution in [0.5, 0.6) is 0 Å². The molecule has 0 radical (unpaired) electrons. The number of nitrogens with one attached hydrogen (secondary N) is 2. The number of aryl methyl sites for hydroxylation is 1. The number of hydrogen-bond acceptors (Lipinski definition) is 5. The summed E-state index contributed by atoms with van der Waals surface area (Å²) in [7, 11) is 1.61. The summed E-state index contributed by atoms with van der Waals surface area (Å²) in [6.45, 7) is 4.68. The molecule has 0 aliphatic rings. The molecule has 0 bridgehead atoms. The van der Waals surface area contributed by atoms with Crippen molar-refractivity contribution in [2.45, 2.75) is 37.2 Å². The van der Waals surface area contributed by atoms with Crippen LogP contribution in [0.3, 0.4) is 0 Å². The van der Waals surface area contributed by atoms with E-state index in [9.17, 15) is 9.59 Å². The number of thioether (sulfide) groups is 1. The first-order valence-corrected chi connectivity index (χ1v) is 9.06. The predicted molar refractivity (Wildman–Crippen MR) is 99.5 cm³/mol. The van der Waals surface area contributed by atoms with E-state index in [0.29, 0.717) is 35.4 Å². The zero-order valence-corrected chi connectivity index (χ0v) is 15.9. The van der Waals surface area contributed by atoms with Crippen LogP contribution in [0.25, 0.3) is 0 Å². The molecule has 2 rings (SSSR count). The molecule has 1 heterocycles. The number of benzene rings is 1. The van der Waals surface area contributed by atoms with Crippen LogP contribution in [0.15, 0.2) is 28.2 Å². The van der Waals surface area contributed by atoms with Gasteiger partial charge in [-0.3, -0.25) is 9.36 Å². The largest absolute Gasteiger partial charge is 0.385 e. The van der Waals surface area contributed by atoms with E-state index in [0.717, 1.165) is 5.56 Å². The maximum atomic E-state index is 12.4. The molecule has 0 saturated carbocycles. The van der Waals surface area contributed by atoms with Crippen molar-refractivity contribution in [2.75, 3.05) is 19.0 Å². The first-order chi connectivity index (χ1) is 11.9. The lowest BCUT2D eigenvalue weighted by Crippen LogP contribution is -2.24. The van der Waals surface area contributed by atoms with Crippen LogP contribution < -0.4 is 11.0 Å². The van der Waals surface area contributed by atoms with E-state index in [1.807, 2.05) is 13.0 Å². The Bertz CT molecular complexity index is 790. The lowest BCUT2D eigenvalue weighted by molar-refractivity contribution is -0.115. The fourth-order valence-corrected chi connectivity index (χ4v) is 3.19. The number of carbonyl (C=O) groups excluding carboxylic acids is 1. The van der Waals surface area contributed by atoms with Gasteiger partial charge in [-0.1, -0.05) is 29.4 Å². The van der Waals surface area contributed by atoms with Gasteiger partial charge in [-0.05, 0) is 38.0 Å². The molecule has 1 aromatic carbocycles. The molecular weight excluding hydrogens is 364 g/mol. The predicted octanol–water partition coefficient (Wildman–Crippen LogP) is 2.69. The Hall–Kier alpha value is -1.77. The zero-order valence-electron chi connectivity index (χ0n) is 14.3. The molecule has 2 N–H and O–H groups in total. The number of ether oxygens (including phenoxy) is 1. The second-order valence-electron chi connectivity index (χ2n) is 5.52. The summed E-state index contributed by atoms with van der Waals surface area (Å²) < 4.78 is 6.51. The zero-order chi connectivity index (χ0) is 18.4. The van der Waals surface area contributed by atoms with Gasteiger partial charge in [-0.25, -0.2) is 9.89 Å². The Labute approximate surface area is 155 Å². The third-order valence-corrected chi connectivity index (χ3v) is 4.89. The Morgan fingerprint density at radius 3 is 3.00 bits per heavy atom. The number of carbonyl (C=O) groups is 1. The van der Waals surface area contributed by atoms with E-state index in [2.05, 4.69) is 15.5 Å². The number of aromatic amines is 1. The van der Waals surface area contributed by atoms with Crippen molar-refractivity contribution in [3.8, 4) is 0 Å². The summed E-state index contributed by atoms with van der Waals surface area (Å²) in [4.78, 5) is 24.3. The lowest BCUT2D eigenvalue weighted by Gasteiger charge is -2.13. The summed E-state index contributed by atoms with van der Waals surface area (Å²) in [5.41, 5.74) is 1.30. The van der Waals surface area contributed by atoms with Crippen molar-refractivity contribution in [2.24, 2.45) is 0 Å². The number of rotatable bonds is 8. The van der Waals surface area contributed by atoms with Crippen LogP contribution in [0.1, 0.15) is 18.9 Å². The molecule has 7 nitrogen and oxygen atoms in total. The summed E-state index contributed by atoms with van der Waals surface area (Å²) in [6, 6.07) is 5.32. The van der Waals surface area contributed by atoms with E-state index >= 15 is 0 Å². The van der Waals surface area contributed by atoms with Crippen LogP contribution in [0.4, 0.5) is 5.69 Å². The fourth-order valence-electron chi connectivity index (χ4n) is 2.13. The molecule has 0 saturated heterocycles. The summed E-state index contributed by atoms with van der Waals surface area (Å²) in [5.74, 6) is -0.186. The Morgan fingerprint density at radius 1 is 1.52 bits per heavy atom. The molecule has 25 heavy (non-hydrogen) atoms. The van der Waals surface area contributed by atoms with Crippen LogP contribution in [0, 0.1) is 6.92 Å². The van der Waals surface area contributed by atoms with Gasteiger partial charge in [0.1, 0.15) is 0 Å². The molecule has 0 fully saturated rings. The molecule has 0 aliphatic carbocycles. The minimum atomic E-state index is -0.435. The van der Waals surface area contributed by atoms with Gasteiger partial charge in [0.15, 0.2) is 5.16 Å². The number of hydrogen-bond donors (Lipinski definition) is 2. The number of H-pyrrole nitrogens is 1. The smallest absolute Gasteiger partial charge is 0.343 e. The Kier molecular flexibility index (Phi) is 7.10. The summed E-state index contributed by atoms with van der Waals surface area (Å²) >= 11 is 7.20. The van der Waals surface area contributed by atoms with Crippen molar-refractivity contribution in [1.82, 2.24) is 14.8 Å². The molecule has 1 aromatic heterocycles. The number of anilines is 1. The van der Waals surface area contributed by atoms with E-state index in [-0.39, 0.29) is 11.6 Å². The van der Waals surface area contributed by atoms with E-state index in [1.54, 1.807) is 26.2 Å². The van der Waals surface area contributed by atoms with Crippen LogP contribution in [-0.2, 0) is 16.1 Å². The highest BCUT2D eigenvalue weighted by Gasteiger charge is 2.19. The highest BCUT2D eigenvalue weighted by Crippen LogP contribution is 2.24. The lowest BCUT2D eigenvalue weighted by atomic mass is 10.2. The van der Waals surface area contributed by atoms with Gasteiger partial charge in [0.25, 0.3) is 0 Å². The molecule has 1 unspecified atom stereocenters. The first-order valence-electron chi connectivity index (χ1n) is 7.80. The van der Waals surface area contributed by atoms with Gasteiger partial charge in [0, 0.05) is 31.0 Å². The average Bonchev–Trinajstić information content (AvgIpc) is 2.91. The number of methoxy groups -OCH3 is 1. The van der Waals surface area contributed by atoms with Crippen molar-refractivity contribution < 1.29 is 9.53 Å². The number of halogens is 1. The quantitative estimate of drug-likeness (QED) is 0.539. The first kappa shape index (κ1) is 19.6. The summed E-state index contributed by atoms with van der Waals surface area (Å²) in [5, 5.41) is 9.88. The second kappa shape index (κ2) is 9.07. The van der Waals surface area contributed by atoms with Crippen LogP contribution in [-0.4, -0.2) is 39.6 Å². The number of nitrogens with zero attached hydrogens (tertiary/aromatic N) is 2. The van der Waals surface area contributed by atoms with E-state index < -0.39 is 5.25 Å². The standard InChI is InChI=1S/C16H21ClN4O3S/c1-10-5-6-12(17)9-13(10)18-14(22)11(2)25-16-20-19-15(23)21(16)7-4-8-24-3/h5-6,9,11H,4,7-8H2,1-3H3,(H,18,22)(H,19,23). The maximum Gasteiger partial charge on any atom is 0.343 e. The third-order valence-electron chi connectivity index (χ3n) is 3.56. The topological polar surface area (TPSA) is 89.0 Å². The minimum Gasteiger partial charge on any atom is -0.385 e. The van der Waals surface area contributed by atoms with Crippen LogP contribution >= 0.6 is 23.4 Å². The highest BCUT2D eigenvalue weighted by atomic mass is 35.5. The SMILES string of the molecule is COCCCn1c(SC(C)C(=O)Nc2cc(Cl)ccc2C)n[nH]c1=O. The molecule has 9 heteroatoms. The van der Waals surface area contributed by atoms with Gasteiger partial charge in [0.05, 0.1) is 5.25 Å². The van der Waals surface area contributed by atoms with Crippen molar-refractivity contribution in [1.29, 1.82) is 0 Å². The Morgan fingerprint density at radius 2 is 2.28 bits per heavy atom. The monoisotopic (exact) mass is 384 g/mol. The molecular formula is C16H21ClN4O3S. The molecule has 136 valence electrons. The number of amides is 1. The molecule has 1 atom stereocenters. The van der Waals surface area contributed by atoms with Gasteiger partial charge in [-0.2, -0.15) is 0 Å². The van der Waals surface area contributed by atoms with Gasteiger partial charge in [-0.15, -0.1) is 5.10 Å². The normalized spacial score (nSPS) is 12.2. The van der Waals surface area contributed by atoms with Crippen molar-refractivity contribution >= 4 is 35.0 Å². The molecule has 0 aliphatic heterocycles. The molecule has 2 aromatic rings. The number of aromatic nitrogens is 3. The molecule has 0 spiro atoms. The van der Waals surface area contributed by atoms with E-state index in [4.69, 9.17) is 16.3 Å². The van der Waals surface area contributed by atoms with Gasteiger partial charge in [0.2, 0.25) is 5.91 Å². The van der Waals surface area contributed by atoms with Crippen LogP contribution in [0.2, 0.25) is 5.02 Å². The maximum absolute atomic E-state index is 12.4. The fraction of sp³-hybridized carbons (Fsp3) is 0.438. The summed E-state index contributed by atoms with van der Waals surface area (Å²) in [6.07, 6.45) is 0.686. The van der Waals surface area contributed by atoms with Crippen molar-refractivity contribution in [3.63, 3.8) is 0 Å². The Balaban J connectivity index is 2.04. The van der Waals surface area contributed by atoms with E-state index in [1.165, 1.54) is 16.3 Å². The third kappa shape index (κ3) is 5.35. The van der Waals surface area contributed by atoms with Gasteiger partial charge >= 0.3 is 5.69 Å². The molecule has 1 amide bonds. The highest BCUT2D eigenvalue weighted by molar-refractivity contribution is 8.00. The second-order valence-corrected chi connectivity index (χ2v) is 7.26. The minimum absolute atomic E-state index is 0.186.